The van der Waals surface area contributed by atoms with Crippen molar-refractivity contribution >= 4 is 10.9 Å². The summed E-state index contributed by atoms with van der Waals surface area (Å²) in [6.07, 6.45) is 3.71. The molecule has 4 heterocycles. The predicted octanol–water partition coefficient (Wildman–Crippen LogP) is 3.40. The summed E-state index contributed by atoms with van der Waals surface area (Å²) in [5.41, 5.74) is 10.8. The largest absolute Gasteiger partial charge is 0.347 e. The van der Waals surface area contributed by atoms with Crippen LogP contribution in [0.15, 0.2) is 24.3 Å². The van der Waals surface area contributed by atoms with Gasteiger partial charge in [-0.15, -0.1) is 0 Å². The average Bonchev–Trinajstić information content (AvgIpc) is 2.88. The third-order valence-electron chi connectivity index (χ3n) is 6.01. The van der Waals surface area contributed by atoms with Crippen LogP contribution in [0.5, 0.6) is 0 Å². The maximum Gasteiger partial charge on any atom is 0.0483 e. The number of nitrogens with two attached hydrogens (primary N) is 1. The van der Waals surface area contributed by atoms with Crippen LogP contribution in [0.4, 0.5) is 0 Å². The second kappa shape index (κ2) is 5.39. The second-order valence-electron chi connectivity index (χ2n) is 7.13. The number of piperidine rings is 3. The molecule has 3 fully saturated rings. The second-order valence-corrected chi connectivity index (χ2v) is 7.13. The lowest BCUT2D eigenvalue weighted by Gasteiger charge is -2.45. The van der Waals surface area contributed by atoms with Gasteiger partial charge in [0.05, 0.1) is 0 Å². The molecule has 1 aromatic heterocycles. The van der Waals surface area contributed by atoms with Crippen LogP contribution >= 0.6 is 0 Å². The van der Waals surface area contributed by atoms with Gasteiger partial charge in [0.25, 0.3) is 0 Å². The Hall–Kier alpha value is -1.32. The number of nitrogens with zero attached hydrogens (tertiary/aromatic N) is 2. The Morgan fingerprint density at radius 1 is 1.23 bits per heavy atom. The number of rotatable bonds is 3. The molecule has 3 saturated heterocycles. The van der Waals surface area contributed by atoms with E-state index in [0.29, 0.717) is 5.92 Å². The minimum atomic E-state index is 0.150. The van der Waals surface area contributed by atoms with Crippen LogP contribution in [0.3, 0.4) is 0 Å². The number of hydrogen-bond donors (Lipinski definition) is 1. The van der Waals surface area contributed by atoms with E-state index in [1.807, 2.05) is 0 Å². The summed E-state index contributed by atoms with van der Waals surface area (Å²) in [6.45, 7) is 6.01. The lowest BCUT2D eigenvalue weighted by Crippen LogP contribution is -2.47. The normalized spacial score (nSPS) is 29.1. The molecule has 2 N–H and O–H groups in total. The summed E-state index contributed by atoms with van der Waals surface area (Å²) in [5, 5.41) is 1.37. The van der Waals surface area contributed by atoms with Crippen LogP contribution < -0.4 is 5.73 Å². The Labute approximate surface area is 133 Å². The van der Waals surface area contributed by atoms with Crippen molar-refractivity contribution in [3.05, 3.63) is 35.5 Å². The molecule has 0 saturated carbocycles. The lowest BCUT2D eigenvalue weighted by molar-refractivity contribution is 0.0839. The van der Waals surface area contributed by atoms with Crippen molar-refractivity contribution in [2.24, 2.45) is 18.7 Å². The molecule has 3 heteroatoms. The summed E-state index contributed by atoms with van der Waals surface area (Å²) >= 11 is 0. The third-order valence-corrected chi connectivity index (χ3v) is 6.01. The van der Waals surface area contributed by atoms with Crippen LogP contribution in [0.2, 0.25) is 0 Å². The zero-order chi connectivity index (χ0) is 15.3. The molecule has 3 aliphatic rings. The molecule has 3 aliphatic heterocycles. The van der Waals surface area contributed by atoms with Crippen LogP contribution in [0, 0.1) is 5.92 Å². The highest BCUT2D eigenvalue weighted by atomic mass is 15.2. The van der Waals surface area contributed by atoms with E-state index in [1.165, 1.54) is 54.6 Å². The summed E-state index contributed by atoms with van der Waals surface area (Å²) in [7, 11) is 2.24. The van der Waals surface area contributed by atoms with Crippen molar-refractivity contribution in [2.45, 2.75) is 38.1 Å². The van der Waals surface area contributed by atoms with Gasteiger partial charge in [-0.2, -0.15) is 0 Å². The molecule has 5 rings (SSSR count). The highest BCUT2D eigenvalue weighted by Gasteiger charge is 2.38. The Morgan fingerprint density at radius 2 is 1.95 bits per heavy atom. The molecule has 3 nitrogen and oxygen atoms in total. The molecule has 0 spiro atoms. The van der Waals surface area contributed by atoms with Gasteiger partial charge in [0.15, 0.2) is 0 Å². The first-order valence-corrected chi connectivity index (χ1v) is 8.75. The highest BCUT2D eigenvalue weighted by molar-refractivity contribution is 5.86. The number of benzene rings is 1. The van der Waals surface area contributed by atoms with Gasteiger partial charge in [0.2, 0.25) is 0 Å². The fraction of sp³-hybridized carbons (Fsp3) is 0.579. The van der Waals surface area contributed by atoms with Gasteiger partial charge in [-0.3, -0.25) is 0 Å². The van der Waals surface area contributed by atoms with E-state index in [-0.39, 0.29) is 6.04 Å². The Balaban J connectivity index is 1.90. The number of para-hydroxylation sites is 1. The summed E-state index contributed by atoms with van der Waals surface area (Å²) in [6, 6.07) is 8.94. The topological polar surface area (TPSA) is 34.2 Å². The van der Waals surface area contributed by atoms with Gasteiger partial charge < -0.3 is 15.2 Å². The molecule has 22 heavy (non-hydrogen) atoms. The SMILES string of the molecule is CCC(N)c1c(C2CN3CCC2CC3)n(C)c2ccccc12. The molecule has 0 aliphatic carbocycles. The maximum absolute atomic E-state index is 6.55. The summed E-state index contributed by atoms with van der Waals surface area (Å²) in [4.78, 5) is 2.64. The zero-order valence-electron chi connectivity index (χ0n) is 13.8. The number of fused-ring (bicyclic) bond motifs is 4. The van der Waals surface area contributed by atoms with Crippen molar-refractivity contribution in [2.75, 3.05) is 19.6 Å². The molecule has 2 bridgehead atoms. The molecule has 118 valence electrons. The van der Waals surface area contributed by atoms with Gasteiger partial charge in [0, 0.05) is 42.1 Å². The third kappa shape index (κ3) is 2.03. The zero-order valence-corrected chi connectivity index (χ0v) is 13.8. The molecule has 2 unspecified atom stereocenters. The van der Waals surface area contributed by atoms with Crippen LogP contribution in [-0.4, -0.2) is 29.1 Å². The van der Waals surface area contributed by atoms with Crippen molar-refractivity contribution < 1.29 is 0 Å². The average molecular weight is 297 g/mol. The Bertz CT molecular complexity index is 679. The van der Waals surface area contributed by atoms with E-state index in [4.69, 9.17) is 5.73 Å². The van der Waals surface area contributed by atoms with Gasteiger partial charge in [-0.25, -0.2) is 0 Å². The minimum absolute atomic E-state index is 0.150. The van der Waals surface area contributed by atoms with Crippen LogP contribution in [0.25, 0.3) is 10.9 Å². The fourth-order valence-electron chi connectivity index (χ4n) is 4.76. The van der Waals surface area contributed by atoms with Gasteiger partial charge in [0.1, 0.15) is 0 Å². The lowest BCUT2D eigenvalue weighted by atomic mass is 9.75. The van der Waals surface area contributed by atoms with E-state index >= 15 is 0 Å². The number of hydrogen-bond acceptors (Lipinski definition) is 2. The first kappa shape index (κ1) is 14.3. The van der Waals surface area contributed by atoms with Crippen LogP contribution in [0.1, 0.15) is 49.4 Å². The summed E-state index contributed by atoms with van der Waals surface area (Å²) in [5.74, 6) is 1.50. The van der Waals surface area contributed by atoms with Crippen LogP contribution in [-0.2, 0) is 7.05 Å². The van der Waals surface area contributed by atoms with E-state index in [9.17, 15) is 0 Å². The standard InChI is InChI=1S/C19H27N3/c1-3-16(20)18-14-6-4-5-7-17(14)21(2)19(18)15-12-22-10-8-13(15)9-11-22/h4-7,13,15-16H,3,8-12,20H2,1-2H3. The van der Waals surface area contributed by atoms with Gasteiger partial charge >= 0.3 is 0 Å². The molecule has 2 aromatic rings. The first-order valence-electron chi connectivity index (χ1n) is 8.75. The number of aryl methyl sites for hydroxylation is 1. The molecule has 2 atom stereocenters. The highest BCUT2D eigenvalue weighted by Crippen LogP contribution is 2.44. The van der Waals surface area contributed by atoms with E-state index in [1.54, 1.807) is 0 Å². The summed E-state index contributed by atoms with van der Waals surface area (Å²) < 4.78 is 2.44. The quantitative estimate of drug-likeness (QED) is 0.942. The minimum Gasteiger partial charge on any atom is -0.347 e. The van der Waals surface area contributed by atoms with Crippen molar-refractivity contribution in [1.29, 1.82) is 0 Å². The molecular formula is C19H27N3. The molecule has 1 aromatic carbocycles. The van der Waals surface area contributed by atoms with Crippen molar-refractivity contribution in [3.8, 4) is 0 Å². The van der Waals surface area contributed by atoms with Crippen molar-refractivity contribution in [3.63, 3.8) is 0 Å². The predicted molar refractivity (Wildman–Crippen MR) is 92.0 cm³/mol. The smallest absolute Gasteiger partial charge is 0.0483 e. The Morgan fingerprint density at radius 3 is 2.59 bits per heavy atom. The fourth-order valence-corrected chi connectivity index (χ4v) is 4.76. The maximum atomic E-state index is 6.55. The van der Waals surface area contributed by atoms with E-state index in [2.05, 4.69) is 47.7 Å². The van der Waals surface area contributed by atoms with Gasteiger partial charge in [-0.1, -0.05) is 25.1 Å². The molecule has 0 radical (unpaired) electrons. The first-order chi connectivity index (χ1) is 10.7. The molecule has 0 amide bonds. The number of aromatic nitrogens is 1. The van der Waals surface area contributed by atoms with Gasteiger partial charge in [-0.05, 0) is 49.9 Å². The van der Waals surface area contributed by atoms with E-state index < -0.39 is 0 Å². The van der Waals surface area contributed by atoms with Crippen molar-refractivity contribution in [1.82, 2.24) is 9.47 Å². The molecular weight excluding hydrogens is 270 g/mol. The van der Waals surface area contributed by atoms with E-state index in [0.717, 1.165) is 12.3 Å². The Kier molecular flexibility index (Phi) is 3.50. The monoisotopic (exact) mass is 297 g/mol.